The van der Waals surface area contributed by atoms with Gasteiger partial charge in [-0.2, -0.15) is 0 Å². The molecular formula is C27H22FN3O3. The molecule has 0 spiro atoms. The minimum absolute atomic E-state index is 0.122. The zero-order valence-electron chi connectivity index (χ0n) is 18.3. The first-order valence-electron chi connectivity index (χ1n) is 11.0. The largest absolute Gasteiger partial charge is 0.478 e. The molecular weight excluding hydrogens is 433 g/mol. The molecule has 4 aromatic rings. The van der Waals surface area contributed by atoms with Gasteiger partial charge in [0.25, 0.3) is 0 Å². The van der Waals surface area contributed by atoms with Gasteiger partial charge in [0, 0.05) is 36.4 Å². The Hall–Kier alpha value is -4.26. The molecule has 5 rings (SSSR count). The van der Waals surface area contributed by atoms with E-state index in [0.29, 0.717) is 26.1 Å². The molecule has 2 aromatic carbocycles. The quantitative estimate of drug-likeness (QED) is 0.449. The first kappa shape index (κ1) is 21.6. The van der Waals surface area contributed by atoms with Gasteiger partial charge >= 0.3 is 5.97 Å². The number of rotatable bonds is 5. The predicted molar refractivity (Wildman–Crippen MR) is 127 cm³/mol. The molecule has 0 radical (unpaired) electrons. The highest BCUT2D eigenvalue weighted by Gasteiger charge is 2.26. The number of nitrogens with zero attached hydrogens (tertiary/aromatic N) is 3. The van der Waals surface area contributed by atoms with E-state index in [-0.39, 0.29) is 17.3 Å². The van der Waals surface area contributed by atoms with Gasteiger partial charge in [0.15, 0.2) is 0 Å². The number of benzene rings is 2. The maximum Gasteiger partial charge on any atom is 0.335 e. The fourth-order valence-electron chi connectivity index (χ4n) is 4.45. The number of hydrogen-bond acceptors (Lipinski definition) is 3. The molecule has 2 aromatic heterocycles. The van der Waals surface area contributed by atoms with Crippen molar-refractivity contribution in [2.24, 2.45) is 0 Å². The first-order chi connectivity index (χ1) is 16.5. The number of carbonyl (C=O) groups is 2. The van der Waals surface area contributed by atoms with Crippen LogP contribution in [-0.4, -0.2) is 38.0 Å². The Morgan fingerprint density at radius 3 is 2.68 bits per heavy atom. The molecule has 1 amide bonds. The van der Waals surface area contributed by atoms with Crippen molar-refractivity contribution in [2.75, 3.05) is 6.54 Å². The fourth-order valence-corrected chi connectivity index (χ4v) is 4.45. The van der Waals surface area contributed by atoms with Gasteiger partial charge in [0.05, 0.1) is 12.1 Å². The summed E-state index contributed by atoms with van der Waals surface area (Å²) in [4.78, 5) is 30.3. The fraction of sp³-hybridized carbons (Fsp3) is 0.148. The molecule has 0 unspecified atom stereocenters. The minimum Gasteiger partial charge on any atom is -0.478 e. The number of fused-ring (bicyclic) bond motifs is 3. The molecule has 6 nitrogen and oxygen atoms in total. The third kappa shape index (κ3) is 4.20. The SMILES string of the molecule is O=C(O)c1ccc(/C=C/C(=O)N2CCc3c(n(Cc4cccc(F)c4)c4ncccc34)C2)cc1. The summed E-state index contributed by atoms with van der Waals surface area (Å²) in [6.07, 6.45) is 5.66. The first-order valence-corrected chi connectivity index (χ1v) is 11.0. The van der Waals surface area contributed by atoms with E-state index in [1.54, 1.807) is 35.4 Å². The average molecular weight is 455 g/mol. The van der Waals surface area contributed by atoms with Gasteiger partial charge in [0.2, 0.25) is 5.91 Å². The van der Waals surface area contributed by atoms with Crippen molar-refractivity contribution < 1.29 is 19.1 Å². The summed E-state index contributed by atoms with van der Waals surface area (Å²) < 4.78 is 15.9. The van der Waals surface area contributed by atoms with Crippen LogP contribution in [0.25, 0.3) is 17.1 Å². The summed E-state index contributed by atoms with van der Waals surface area (Å²) in [7, 11) is 0. The zero-order valence-corrected chi connectivity index (χ0v) is 18.3. The molecule has 0 saturated carbocycles. The number of amides is 1. The van der Waals surface area contributed by atoms with Crippen LogP contribution in [-0.2, 0) is 24.3 Å². The van der Waals surface area contributed by atoms with E-state index in [1.165, 1.54) is 35.9 Å². The summed E-state index contributed by atoms with van der Waals surface area (Å²) in [5.74, 6) is -1.39. The van der Waals surface area contributed by atoms with Crippen molar-refractivity contribution in [3.05, 3.63) is 107 Å². The Bertz CT molecular complexity index is 1420. The second-order valence-electron chi connectivity index (χ2n) is 8.29. The highest BCUT2D eigenvalue weighted by molar-refractivity contribution is 5.93. The third-order valence-electron chi connectivity index (χ3n) is 6.13. The van der Waals surface area contributed by atoms with Gasteiger partial charge in [-0.3, -0.25) is 4.79 Å². The van der Waals surface area contributed by atoms with Crippen molar-refractivity contribution in [3.8, 4) is 0 Å². The number of aromatic nitrogens is 2. The molecule has 0 atom stereocenters. The average Bonchev–Trinajstić information content (AvgIpc) is 3.16. The van der Waals surface area contributed by atoms with Crippen molar-refractivity contribution in [1.82, 2.24) is 14.5 Å². The van der Waals surface area contributed by atoms with Crippen LogP contribution in [0.1, 0.15) is 32.7 Å². The van der Waals surface area contributed by atoms with Gasteiger partial charge in [-0.05, 0) is 65.6 Å². The Labute approximate surface area is 195 Å². The number of carboxylic acid groups (broad SMARTS) is 1. The number of halogens is 1. The van der Waals surface area contributed by atoms with Crippen LogP contribution >= 0.6 is 0 Å². The molecule has 1 aliphatic rings. The lowest BCUT2D eigenvalue weighted by Crippen LogP contribution is -2.35. The molecule has 7 heteroatoms. The van der Waals surface area contributed by atoms with Crippen LogP contribution in [0, 0.1) is 5.82 Å². The van der Waals surface area contributed by atoms with Crippen LogP contribution in [0.5, 0.6) is 0 Å². The van der Waals surface area contributed by atoms with E-state index in [9.17, 15) is 14.0 Å². The second-order valence-corrected chi connectivity index (χ2v) is 8.29. The van der Waals surface area contributed by atoms with Crippen molar-refractivity contribution in [1.29, 1.82) is 0 Å². The van der Waals surface area contributed by atoms with E-state index in [4.69, 9.17) is 5.11 Å². The second kappa shape index (κ2) is 8.94. The topological polar surface area (TPSA) is 75.4 Å². The molecule has 3 heterocycles. The van der Waals surface area contributed by atoms with Gasteiger partial charge in [0.1, 0.15) is 11.5 Å². The predicted octanol–water partition coefficient (Wildman–Crippen LogP) is 4.52. The van der Waals surface area contributed by atoms with Crippen molar-refractivity contribution in [2.45, 2.75) is 19.5 Å². The summed E-state index contributed by atoms with van der Waals surface area (Å²) in [6.45, 7) is 1.48. The number of carboxylic acids is 1. The van der Waals surface area contributed by atoms with Crippen LogP contribution in [0.15, 0.2) is 72.9 Å². The van der Waals surface area contributed by atoms with E-state index in [0.717, 1.165) is 27.9 Å². The van der Waals surface area contributed by atoms with Crippen LogP contribution < -0.4 is 0 Å². The van der Waals surface area contributed by atoms with Crippen molar-refractivity contribution in [3.63, 3.8) is 0 Å². The van der Waals surface area contributed by atoms with E-state index >= 15 is 0 Å². The summed E-state index contributed by atoms with van der Waals surface area (Å²) in [5, 5.41) is 10.1. The lowest BCUT2D eigenvalue weighted by Gasteiger charge is -2.27. The summed E-state index contributed by atoms with van der Waals surface area (Å²) in [6, 6.07) is 16.8. The number of aromatic carboxylic acids is 1. The molecule has 34 heavy (non-hydrogen) atoms. The van der Waals surface area contributed by atoms with Crippen LogP contribution in [0.4, 0.5) is 4.39 Å². The Morgan fingerprint density at radius 1 is 1.09 bits per heavy atom. The molecule has 0 bridgehead atoms. The molecule has 0 fully saturated rings. The van der Waals surface area contributed by atoms with E-state index in [1.807, 2.05) is 18.2 Å². The zero-order chi connectivity index (χ0) is 23.7. The number of carbonyl (C=O) groups excluding carboxylic acids is 1. The van der Waals surface area contributed by atoms with Gasteiger partial charge in [-0.1, -0.05) is 24.3 Å². The number of hydrogen-bond donors (Lipinski definition) is 1. The Morgan fingerprint density at radius 2 is 1.91 bits per heavy atom. The molecule has 0 saturated heterocycles. The maximum absolute atomic E-state index is 13.8. The van der Waals surface area contributed by atoms with E-state index < -0.39 is 5.97 Å². The molecule has 170 valence electrons. The standard InChI is InChI=1S/C27H22FN3O3/c28-21-4-1-3-19(15-21)16-31-24-17-30(14-12-22(24)23-5-2-13-29-26(23)31)25(32)11-8-18-6-9-20(10-7-18)27(33)34/h1-11,13,15H,12,14,16-17H2,(H,33,34)/b11-8+. The Balaban J connectivity index is 1.41. The smallest absolute Gasteiger partial charge is 0.335 e. The van der Waals surface area contributed by atoms with E-state index in [2.05, 4.69) is 9.55 Å². The number of pyridine rings is 1. The highest BCUT2D eigenvalue weighted by atomic mass is 19.1. The van der Waals surface area contributed by atoms with Crippen LogP contribution in [0.2, 0.25) is 0 Å². The molecule has 0 aliphatic carbocycles. The highest BCUT2D eigenvalue weighted by Crippen LogP contribution is 2.30. The van der Waals surface area contributed by atoms with Crippen molar-refractivity contribution >= 4 is 29.0 Å². The Kier molecular flexibility index (Phi) is 5.67. The van der Waals surface area contributed by atoms with Gasteiger partial charge < -0.3 is 14.6 Å². The third-order valence-corrected chi connectivity index (χ3v) is 6.13. The monoisotopic (exact) mass is 455 g/mol. The van der Waals surface area contributed by atoms with Gasteiger partial charge in [-0.15, -0.1) is 0 Å². The molecule has 1 N–H and O–H groups in total. The van der Waals surface area contributed by atoms with Crippen LogP contribution in [0.3, 0.4) is 0 Å². The lowest BCUT2D eigenvalue weighted by atomic mass is 10.0. The lowest BCUT2D eigenvalue weighted by molar-refractivity contribution is -0.126. The summed E-state index contributed by atoms with van der Waals surface area (Å²) in [5.41, 5.74) is 4.81. The summed E-state index contributed by atoms with van der Waals surface area (Å²) >= 11 is 0. The van der Waals surface area contributed by atoms with Gasteiger partial charge in [-0.25, -0.2) is 14.2 Å². The maximum atomic E-state index is 13.8. The molecule has 1 aliphatic heterocycles. The minimum atomic E-state index is -0.987. The normalized spacial score (nSPS) is 13.4.